The van der Waals surface area contributed by atoms with Crippen molar-refractivity contribution in [3.8, 4) is 11.3 Å². The minimum atomic E-state index is -0.0864. The summed E-state index contributed by atoms with van der Waals surface area (Å²) in [6.45, 7) is 0.494. The lowest BCUT2D eigenvalue weighted by Gasteiger charge is -2.22. The fourth-order valence-electron chi connectivity index (χ4n) is 2.92. The van der Waals surface area contributed by atoms with Gasteiger partial charge in [0.1, 0.15) is 0 Å². The smallest absolute Gasteiger partial charge is 0.315 e. The maximum absolute atomic E-state index is 12.0. The third-order valence-electron chi connectivity index (χ3n) is 4.18. The molecule has 1 saturated carbocycles. The number of pyridine rings is 2. The standard InChI is InChI=1S/C18H22N4O/c23-18(22-16-6-2-1-3-7-16)21-12-14-8-10-20-17(11-14)15-5-4-9-19-13-15/h4-5,8-11,13,16H,1-3,6-7,12H2,(H2,21,22,23). The molecule has 5 nitrogen and oxygen atoms in total. The van der Waals surface area contributed by atoms with Crippen LogP contribution < -0.4 is 10.6 Å². The first-order valence-corrected chi connectivity index (χ1v) is 8.21. The Morgan fingerprint density at radius 3 is 2.83 bits per heavy atom. The van der Waals surface area contributed by atoms with Gasteiger partial charge in [-0.3, -0.25) is 9.97 Å². The first-order chi connectivity index (χ1) is 11.3. The normalized spacial score (nSPS) is 15.1. The van der Waals surface area contributed by atoms with Gasteiger partial charge in [-0.1, -0.05) is 19.3 Å². The molecule has 3 rings (SSSR count). The van der Waals surface area contributed by atoms with Crippen LogP contribution in [0.3, 0.4) is 0 Å². The Hall–Kier alpha value is -2.43. The van der Waals surface area contributed by atoms with Crippen molar-refractivity contribution < 1.29 is 4.79 Å². The van der Waals surface area contributed by atoms with Crippen molar-refractivity contribution in [2.75, 3.05) is 0 Å². The van der Waals surface area contributed by atoms with Gasteiger partial charge in [-0.2, -0.15) is 0 Å². The Kier molecular flexibility index (Phi) is 5.19. The molecule has 0 atom stereocenters. The number of nitrogens with zero attached hydrogens (tertiary/aromatic N) is 2. The topological polar surface area (TPSA) is 66.9 Å². The SMILES string of the molecule is O=C(NCc1ccnc(-c2cccnc2)c1)NC1CCCCC1. The number of carbonyl (C=O) groups excluding carboxylic acids is 1. The van der Waals surface area contributed by atoms with Crippen molar-refractivity contribution in [3.05, 3.63) is 48.4 Å². The van der Waals surface area contributed by atoms with Crippen molar-refractivity contribution in [1.82, 2.24) is 20.6 Å². The summed E-state index contributed by atoms with van der Waals surface area (Å²) in [5.41, 5.74) is 2.86. The molecule has 0 radical (unpaired) electrons. The predicted octanol–water partition coefficient (Wildman–Crippen LogP) is 3.28. The summed E-state index contributed by atoms with van der Waals surface area (Å²) >= 11 is 0. The average molecular weight is 310 g/mol. The Morgan fingerprint density at radius 2 is 2.04 bits per heavy atom. The molecule has 2 aromatic heterocycles. The number of carbonyl (C=O) groups is 1. The third-order valence-corrected chi connectivity index (χ3v) is 4.18. The summed E-state index contributed by atoms with van der Waals surface area (Å²) in [4.78, 5) is 20.5. The fraction of sp³-hybridized carbons (Fsp3) is 0.389. The molecule has 0 saturated heterocycles. The van der Waals surface area contributed by atoms with Gasteiger partial charge in [0.15, 0.2) is 0 Å². The van der Waals surface area contributed by atoms with E-state index in [-0.39, 0.29) is 6.03 Å². The van der Waals surface area contributed by atoms with Crippen LogP contribution in [0.5, 0.6) is 0 Å². The predicted molar refractivity (Wildman–Crippen MR) is 89.7 cm³/mol. The van der Waals surface area contributed by atoms with Crippen LogP contribution in [0.15, 0.2) is 42.9 Å². The number of nitrogens with one attached hydrogen (secondary N) is 2. The van der Waals surface area contributed by atoms with Crippen LogP contribution in [0.25, 0.3) is 11.3 Å². The summed E-state index contributed by atoms with van der Waals surface area (Å²) in [6, 6.07) is 8.00. The van der Waals surface area contributed by atoms with Gasteiger partial charge >= 0.3 is 6.03 Å². The van der Waals surface area contributed by atoms with Crippen molar-refractivity contribution in [2.45, 2.75) is 44.7 Å². The van der Waals surface area contributed by atoms with Crippen LogP contribution >= 0.6 is 0 Å². The molecule has 120 valence electrons. The first-order valence-electron chi connectivity index (χ1n) is 8.21. The monoisotopic (exact) mass is 310 g/mol. The molecule has 2 amide bonds. The van der Waals surface area contributed by atoms with E-state index in [1.54, 1.807) is 18.6 Å². The van der Waals surface area contributed by atoms with Gasteiger partial charge in [0.2, 0.25) is 0 Å². The van der Waals surface area contributed by atoms with E-state index in [4.69, 9.17) is 0 Å². The minimum Gasteiger partial charge on any atom is -0.335 e. The van der Waals surface area contributed by atoms with Crippen LogP contribution in [-0.4, -0.2) is 22.0 Å². The maximum atomic E-state index is 12.0. The Labute approximate surface area is 136 Å². The molecule has 0 spiro atoms. The quantitative estimate of drug-likeness (QED) is 0.910. The number of aromatic nitrogens is 2. The molecule has 0 unspecified atom stereocenters. The van der Waals surface area contributed by atoms with Crippen LogP contribution in [0.2, 0.25) is 0 Å². The molecule has 1 aliphatic rings. The highest BCUT2D eigenvalue weighted by Gasteiger charge is 2.15. The third kappa shape index (κ3) is 4.52. The lowest BCUT2D eigenvalue weighted by Crippen LogP contribution is -2.42. The molecular formula is C18H22N4O. The summed E-state index contributed by atoms with van der Waals surface area (Å²) in [6.07, 6.45) is 11.2. The largest absolute Gasteiger partial charge is 0.335 e. The molecule has 5 heteroatoms. The zero-order chi connectivity index (χ0) is 15.9. The highest BCUT2D eigenvalue weighted by molar-refractivity contribution is 5.74. The molecule has 1 aliphatic carbocycles. The van der Waals surface area contributed by atoms with Gasteiger partial charge in [0.05, 0.1) is 5.69 Å². The lowest BCUT2D eigenvalue weighted by atomic mass is 9.96. The second-order valence-corrected chi connectivity index (χ2v) is 5.95. The highest BCUT2D eigenvalue weighted by Crippen LogP contribution is 2.18. The molecule has 2 aromatic rings. The summed E-state index contributed by atoms with van der Waals surface area (Å²) in [7, 11) is 0. The van der Waals surface area contributed by atoms with Crippen LogP contribution in [-0.2, 0) is 6.54 Å². The van der Waals surface area contributed by atoms with Gasteiger partial charge in [-0.15, -0.1) is 0 Å². The van der Waals surface area contributed by atoms with E-state index >= 15 is 0 Å². The van der Waals surface area contributed by atoms with Crippen LogP contribution in [0.1, 0.15) is 37.7 Å². The van der Waals surface area contributed by atoms with Crippen molar-refractivity contribution in [3.63, 3.8) is 0 Å². The molecule has 2 N–H and O–H groups in total. The minimum absolute atomic E-state index is 0.0864. The lowest BCUT2D eigenvalue weighted by molar-refractivity contribution is 0.232. The van der Waals surface area contributed by atoms with E-state index < -0.39 is 0 Å². The summed E-state index contributed by atoms with van der Waals surface area (Å²) < 4.78 is 0. The van der Waals surface area contributed by atoms with Crippen molar-refractivity contribution in [2.24, 2.45) is 0 Å². The van der Waals surface area contributed by atoms with E-state index in [1.807, 2.05) is 24.3 Å². The fourth-order valence-corrected chi connectivity index (χ4v) is 2.92. The maximum Gasteiger partial charge on any atom is 0.315 e. The number of hydrogen-bond acceptors (Lipinski definition) is 3. The number of amides is 2. The van der Waals surface area contributed by atoms with Gasteiger partial charge in [-0.25, -0.2) is 4.79 Å². The summed E-state index contributed by atoms with van der Waals surface area (Å²) in [5.74, 6) is 0. The van der Waals surface area contributed by atoms with E-state index in [0.717, 1.165) is 29.7 Å². The van der Waals surface area contributed by atoms with Crippen molar-refractivity contribution in [1.29, 1.82) is 0 Å². The molecular weight excluding hydrogens is 288 g/mol. The molecule has 2 heterocycles. The van der Waals surface area contributed by atoms with E-state index in [9.17, 15) is 4.79 Å². The molecule has 0 aromatic carbocycles. The van der Waals surface area contributed by atoms with Gasteiger partial charge in [0, 0.05) is 36.7 Å². The van der Waals surface area contributed by atoms with Gasteiger partial charge in [0.25, 0.3) is 0 Å². The van der Waals surface area contributed by atoms with Crippen molar-refractivity contribution >= 4 is 6.03 Å². The first kappa shape index (κ1) is 15.5. The Bertz CT molecular complexity index is 638. The van der Waals surface area contributed by atoms with E-state index in [0.29, 0.717) is 12.6 Å². The average Bonchev–Trinajstić information content (AvgIpc) is 2.62. The highest BCUT2D eigenvalue weighted by atomic mass is 16.2. The second-order valence-electron chi connectivity index (χ2n) is 5.95. The number of hydrogen-bond donors (Lipinski definition) is 2. The van der Waals surface area contributed by atoms with Crippen LogP contribution in [0.4, 0.5) is 4.79 Å². The molecule has 0 aliphatic heterocycles. The zero-order valence-electron chi connectivity index (χ0n) is 13.2. The molecule has 23 heavy (non-hydrogen) atoms. The number of rotatable bonds is 4. The van der Waals surface area contributed by atoms with E-state index in [2.05, 4.69) is 20.6 Å². The summed E-state index contributed by atoms with van der Waals surface area (Å²) in [5, 5.41) is 5.99. The van der Waals surface area contributed by atoms with Crippen LogP contribution in [0, 0.1) is 0 Å². The Morgan fingerprint density at radius 1 is 1.17 bits per heavy atom. The van der Waals surface area contributed by atoms with Gasteiger partial charge < -0.3 is 10.6 Å². The molecule has 0 bridgehead atoms. The number of urea groups is 1. The molecule has 1 fully saturated rings. The van der Waals surface area contributed by atoms with E-state index in [1.165, 1.54) is 19.3 Å². The Balaban J connectivity index is 1.55. The van der Waals surface area contributed by atoms with Gasteiger partial charge in [-0.05, 0) is 42.7 Å². The second kappa shape index (κ2) is 7.72. The zero-order valence-corrected chi connectivity index (χ0v) is 13.2.